The second-order valence-electron chi connectivity index (χ2n) is 7.05. The predicted octanol–water partition coefficient (Wildman–Crippen LogP) is 6.80. The van der Waals surface area contributed by atoms with Crippen molar-refractivity contribution in [1.82, 2.24) is 9.97 Å². The van der Waals surface area contributed by atoms with Crippen LogP contribution in [0.4, 0.5) is 5.13 Å². The number of amides is 1. The van der Waals surface area contributed by atoms with Crippen molar-refractivity contribution < 1.29 is 4.79 Å². The van der Waals surface area contributed by atoms with Crippen LogP contribution in [-0.2, 0) is 6.54 Å². The molecule has 0 unspecified atom stereocenters. The van der Waals surface area contributed by atoms with Crippen LogP contribution in [0.2, 0.25) is 0 Å². The number of thioether (sulfide) groups is 1. The van der Waals surface area contributed by atoms with Gasteiger partial charge in [-0.05, 0) is 60.2 Å². The highest BCUT2D eigenvalue weighted by Gasteiger charge is 2.22. The van der Waals surface area contributed by atoms with E-state index in [4.69, 9.17) is 4.98 Å². The molecule has 0 saturated heterocycles. The quantitative estimate of drug-likeness (QED) is 0.274. The SMILES string of the molecule is CC(C)Sc1ccc(C(=O)N(Cc2ccncc2)c2nc3ccc(Br)cc3s2)cc1. The zero-order valence-electron chi connectivity index (χ0n) is 16.6. The van der Waals surface area contributed by atoms with Gasteiger partial charge in [-0.15, -0.1) is 11.8 Å². The van der Waals surface area contributed by atoms with E-state index < -0.39 is 0 Å². The molecule has 0 radical (unpaired) electrons. The Bertz CT molecular complexity index is 1160. The fraction of sp³-hybridized carbons (Fsp3) is 0.174. The largest absolute Gasteiger partial charge is 0.279 e. The lowest BCUT2D eigenvalue weighted by Crippen LogP contribution is -2.30. The van der Waals surface area contributed by atoms with Gasteiger partial charge in [-0.25, -0.2) is 4.98 Å². The Morgan fingerprint density at radius 2 is 1.83 bits per heavy atom. The molecule has 4 nitrogen and oxygen atoms in total. The van der Waals surface area contributed by atoms with Crippen molar-refractivity contribution in [2.75, 3.05) is 4.90 Å². The highest BCUT2D eigenvalue weighted by atomic mass is 79.9. The van der Waals surface area contributed by atoms with E-state index in [1.54, 1.807) is 29.1 Å². The minimum atomic E-state index is -0.0639. The number of thiazole rings is 1. The lowest BCUT2D eigenvalue weighted by atomic mass is 10.2. The Labute approximate surface area is 192 Å². The second kappa shape index (κ2) is 9.29. The number of carbonyl (C=O) groups is 1. The summed E-state index contributed by atoms with van der Waals surface area (Å²) < 4.78 is 2.03. The number of nitrogens with zero attached hydrogens (tertiary/aromatic N) is 3. The van der Waals surface area contributed by atoms with Gasteiger partial charge in [0, 0.05) is 32.6 Å². The molecular formula is C23H20BrN3OS2. The Morgan fingerprint density at radius 3 is 2.53 bits per heavy atom. The summed E-state index contributed by atoms with van der Waals surface area (Å²) in [5.74, 6) is -0.0639. The van der Waals surface area contributed by atoms with E-state index in [1.807, 2.05) is 54.6 Å². The molecule has 2 heterocycles. The third kappa shape index (κ3) is 4.91. The van der Waals surface area contributed by atoms with Crippen molar-refractivity contribution in [3.63, 3.8) is 0 Å². The third-order valence-electron chi connectivity index (χ3n) is 4.38. The number of anilines is 1. The lowest BCUT2D eigenvalue weighted by Gasteiger charge is -2.20. The number of aromatic nitrogens is 2. The monoisotopic (exact) mass is 497 g/mol. The average molecular weight is 498 g/mol. The van der Waals surface area contributed by atoms with E-state index in [1.165, 1.54) is 11.3 Å². The number of hydrogen-bond acceptors (Lipinski definition) is 5. The first-order valence-corrected chi connectivity index (χ1v) is 12.0. The van der Waals surface area contributed by atoms with E-state index in [-0.39, 0.29) is 5.91 Å². The molecule has 2 aromatic carbocycles. The van der Waals surface area contributed by atoms with Crippen molar-refractivity contribution >= 4 is 60.3 Å². The van der Waals surface area contributed by atoms with Crippen LogP contribution in [0.15, 0.2) is 76.4 Å². The molecule has 2 aromatic heterocycles. The third-order valence-corrected chi connectivity index (χ3v) is 6.93. The first-order valence-electron chi connectivity index (χ1n) is 9.53. The fourth-order valence-electron chi connectivity index (χ4n) is 3.00. The molecule has 0 aliphatic rings. The lowest BCUT2D eigenvalue weighted by molar-refractivity contribution is 0.0985. The molecular weight excluding hydrogens is 478 g/mol. The summed E-state index contributed by atoms with van der Waals surface area (Å²) >= 11 is 6.81. The zero-order chi connectivity index (χ0) is 21.1. The molecule has 4 aromatic rings. The number of benzene rings is 2. The normalized spacial score (nSPS) is 11.2. The molecule has 0 bridgehead atoms. The van der Waals surface area contributed by atoms with Gasteiger partial charge >= 0.3 is 0 Å². The highest BCUT2D eigenvalue weighted by Crippen LogP contribution is 2.33. The minimum Gasteiger partial charge on any atom is -0.279 e. The van der Waals surface area contributed by atoms with Crippen molar-refractivity contribution in [3.8, 4) is 0 Å². The molecule has 0 fully saturated rings. The maximum atomic E-state index is 13.5. The van der Waals surface area contributed by atoms with E-state index in [9.17, 15) is 4.79 Å². The summed E-state index contributed by atoms with van der Waals surface area (Å²) in [5, 5.41) is 1.18. The van der Waals surface area contributed by atoms with Gasteiger partial charge in [0.1, 0.15) is 0 Å². The predicted molar refractivity (Wildman–Crippen MR) is 130 cm³/mol. The molecule has 0 aliphatic heterocycles. The van der Waals surface area contributed by atoms with Gasteiger partial charge in [0.15, 0.2) is 5.13 Å². The molecule has 7 heteroatoms. The Morgan fingerprint density at radius 1 is 1.10 bits per heavy atom. The Kier molecular flexibility index (Phi) is 6.51. The topological polar surface area (TPSA) is 46.1 Å². The van der Waals surface area contributed by atoms with Crippen LogP contribution in [0.3, 0.4) is 0 Å². The number of halogens is 1. The van der Waals surface area contributed by atoms with Crippen molar-refractivity contribution in [3.05, 3.63) is 82.6 Å². The van der Waals surface area contributed by atoms with Crippen molar-refractivity contribution in [1.29, 1.82) is 0 Å². The Hall–Kier alpha value is -2.22. The van der Waals surface area contributed by atoms with Crippen LogP contribution in [0.5, 0.6) is 0 Å². The van der Waals surface area contributed by atoms with Crippen LogP contribution in [0, 0.1) is 0 Å². The van der Waals surface area contributed by atoms with E-state index in [0.717, 1.165) is 25.1 Å². The molecule has 4 rings (SSSR count). The molecule has 0 N–H and O–H groups in total. The van der Waals surface area contributed by atoms with Crippen molar-refractivity contribution in [2.24, 2.45) is 0 Å². The van der Waals surface area contributed by atoms with Crippen LogP contribution < -0.4 is 4.90 Å². The molecule has 0 atom stereocenters. The van der Waals surface area contributed by atoms with Gasteiger partial charge in [-0.1, -0.05) is 41.1 Å². The summed E-state index contributed by atoms with van der Waals surface area (Å²) in [5.41, 5.74) is 2.54. The molecule has 1 amide bonds. The van der Waals surface area contributed by atoms with Crippen LogP contribution in [0.25, 0.3) is 10.2 Å². The summed E-state index contributed by atoms with van der Waals surface area (Å²) in [6.45, 7) is 4.75. The smallest absolute Gasteiger partial charge is 0.260 e. The maximum absolute atomic E-state index is 13.5. The van der Waals surface area contributed by atoms with E-state index in [0.29, 0.717) is 22.5 Å². The van der Waals surface area contributed by atoms with E-state index >= 15 is 0 Å². The zero-order valence-corrected chi connectivity index (χ0v) is 19.8. The fourth-order valence-corrected chi connectivity index (χ4v) is 5.36. The van der Waals surface area contributed by atoms with Gasteiger partial charge in [0.25, 0.3) is 5.91 Å². The summed E-state index contributed by atoms with van der Waals surface area (Å²) in [4.78, 5) is 25.2. The van der Waals surface area contributed by atoms with Gasteiger partial charge < -0.3 is 0 Å². The van der Waals surface area contributed by atoms with Gasteiger partial charge in [-0.3, -0.25) is 14.7 Å². The molecule has 0 saturated carbocycles. The molecule has 152 valence electrons. The van der Waals surface area contributed by atoms with Crippen molar-refractivity contribution in [2.45, 2.75) is 30.5 Å². The second-order valence-corrected chi connectivity index (χ2v) is 10.6. The summed E-state index contributed by atoms with van der Waals surface area (Å²) in [7, 11) is 0. The van der Waals surface area contributed by atoms with E-state index in [2.05, 4.69) is 34.8 Å². The van der Waals surface area contributed by atoms with Gasteiger partial charge in [0.2, 0.25) is 0 Å². The average Bonchev–Trinajstić information content (AvgIpc) is 3.15. The molecule has 30 heavy (non-hydrogen) atoms. The number of rotatable bonds is 6. The Balaban J connectivity index is 1.69. The molecule has 0 spiro atoms. The maximum Gasteiger partial charge on any atom is 0.260 e. The van der Waals surface area contributed by atoms with Gasteiger partial charge in [0.05, 0.1) is 16.8 Å². The highest BCUT2D eigenvalue weighted by molar-refractivity contribution is 9.10. The summed E-state index contributed by atoms with van der Waals surface area (Å²) in [6.07, 6.45) is 3.48. The summed E-state index contributed by atoms with van der Waals surface area (Å²) in [6, 6.07) is 17.6. The molecule has 0 aliphatic carbocycles. The number of carbonyl (C=O) groups excluding carboxylic acids is 1. The minimum absolute atomic E-state index is 0.0639. The standard InChI is InChI=1S/C23H20BrN3OS2/c1-15(2)29-19-6-3-17(4-7-19)22(28)27(14-16-9-11-25-12-10-16)23-26-20-8-5-18(24)13-21(20)30-23/h3-13,15H,14H2,1-2H3. The van der Waals surface area contributed by atoms with Crippen LogP contribution in [0.1, 0.15) is 29.8 Å². The number of pyridine rings is 1. The first-order chi connectivity index (χ1) is 14.5. The number of hydrogen-bond donors (Lipinski definition) is 0. The van der Waals surface area contributed by atoms with Crippen LogP contribution in [-0.4, -0.2) is 21.1 Å². The van der Waals surface area contributed by atoms with Crippen LogP contribution >= 0.6 is 39.0 Å². The first kappa shape index (κ1) is 21.0. The van der Waals surface area contributed by atoms with Gasteiger partial charge in [-0.2, -0.15) is 0 Å². The number of fused-ring (bicyclic) bond motifs is 1.